The molecule has 6 nitrogen and oxygen atoms in total. The number of nitrogens with one attached hydrogen (secondary N) is 1. The molecule has 1 aliphatic heterocycles. The van der Waals surface area contributed by atoms with Crippen LogP contribution in [-0.2, 0) is 29.6 Å². The summed E-state index contributed by atoms with van der Waals surface area (Å²) in [6.45, 7) is 11.6. The van der Waals surface area contributed by atoms with Crippen LogP contribution in [0.15, 0.2) is 24.4 Å². The van der Waals surface area contributed by atoms with E-state index in [0.717, 1.165) is 29.9 Å². The molecule has 3 rings (SSSR count). The Balaban J connectivity index is 1.84. The van der Waals surface area contributed by atoms with Gasteiger partial charge in [-0.3, -0.25) is 14.4 Å². The standard InChI is InChI=1S/C18H18F3N5O/c1-17(2,26-9-11-8-25(4)10-15(11)24-26)16(27)23-12-5-6-14(22-3)13(7-12)18(19,20)21/h5-7,9H,8,10H2,1-2,4H3,(H,23,27). The number of anilines is 1. The largest absolute Gasteiger partial charge is 0.407 e. The van der Waals surface area contributed by atoms with Crippen molar-refractivity contribution in [1.29, 1.82) is 0 Å². The predicted octanol–water partition coefficient (Wildman–Crippen LogP) is 3.77. The average Bonchev–Trinajstić information content (AvgIpc) is 3.11. The zero-order valence-corrected chi connectivity index (χ0v) is 15.1. The van der Waals surface area contributed by atoms with E-state index in [0.29, 0.717) is 6.54 Å². The molecule has 0 bridgehead atoms. The van der Waals surface area contributed by atoms with Crippen LogP contribution in [0.25, 0.3) is 4.85 Å². The molecule has 0 atom stereocenters. The van der Waals surface area contributed by atoms with Crippen LogP contribution in [-0.4, -0.2) is 27.6 Å². The third-order valence-electron chi connectivity index (χ3n) is 4.55. The maximum atomic E-state index is 13.1. The molecule has 1 N–H and O–H groups in total. The number of carbonyl (C=O) groups is 1. The Morgan fingerprint density at radius 2 is 2.00 bits per heavy atom. The summed E-state index contributed by atoms with van der Waals surface area (Å²) in [6, 6.07) is 3.12. The lowest BCUT2D eigenvalue weighted by atomic mass is 10.0. The summed E-state index contributed by atoms with van der Waals surface area (Å²) in [4.78, 5) is 17.7. The minimum absolute atomic E-state index is 0.0211. The van der Waals surface area contributed by atoms with Gasteiger partial charge in [0.25, 0.3) is 5.91 Å². The van der Waals surface area contributed by atoms with Gasteiger partial charge in [-0.1, -0.05) is 6.07 Å². The molecule has 1 aromatic carbocycles. The predicted molar refractivity (Wildman–Crippen MR) is 93.1 cm³/mol. The van der Waals surface area contributed by atoms with Gasteiger partial charge in [0.05, 0.1) is 17.8 Å². The first-order chi connectivity index (χ1) is 12.5. The molecule has 0 aliphatic carbocycles. The zero-order valence-electron chi connectivity index (χ0n) is 15.1. The van der Waals surface area contributed by atoms with Crippen LogP contribution >= 0.6 is 0 Å². The van der Waals surface area contributed by atoms with Crippen molar-refractivity contribution in [2.45, 2.75) is 38.7 Å². The van der Waals surface area contributed by atoms with E-state index in [4.69, 9.17) is 6.57 Å². The Labute approximate surface area is 154 Å². The van der Waals surface area contributed by atoms with E-state index in [1.165, 1.54) is 10.7 Å². The second-order valence-corrected chi connectivity index (χ2v) is 7.07. The summed E-state index contributed by atoms with van der Waals surface area (Å²) in [5.74, 6) is -0.499. The van der Waals surface area contributed by atoms with E-state index < -0.39 is 28.9 Å². The van der Waals surface area contributed by atoms with Crippen molar-refractivity contribution in [3.8, 4) is 0 Å². The fourth-order valence-corrected chi connectivity index (χ4v) is 2.93. The number of fused-ring (bicyclic) bond motifs is 1. The Kier molecular flexibility index (Phi) is 4.48. The second-order valence-electron chi connectivity index (χ2n) is 7.07. The normalized spacial score (nSPS) is 14.7. The van der Waals surface area contributed by atoms with E-state index in [1.807, 2.05) is 7.05 Å². The Hall–Kier alpha value is -2.86. The first-order valence-corrected chi connectivity index (χ1v) is 8.19. The quantitative estimate of drug-likeness (QED) is 0.829. The Morgan fingerprint density at radius 1 is 1.30 bits per heavy atom. The van der Waals surface area contributed by atoms with Gasteiger partial charge in [0, 0.05) is 30.5 Å². The Morgan fingerprint density at radius 3 is 2.59 bits per heavy atom. The molecule has 0 saturated heterocycles. The number of rotatable bonds is 3. The van der Waals surface area contributed by atoms with E-state index in [2.05, 4.69) is 20.2 Å². The molecule has 0 spiro atoms. The van der Waals surface area contributed by atoms with Crippen molar-refractivity contribution in [3.63, 3.8) is 0 Å². The number of benzene rings is 1. The molecule has 2 heterocycles. The van der Waals surface area contributed by atoms with Crippen LogP contribution in [0.3, 0.4) is 0 Å². The van der Waals surface area contributed by atoms with Crippen LogP contribution in [0.2, 0.25) is 0 Å². The van der Waals surface area contributed by atoms with E-state index >= 15 is 0 Å². The van der Waals surface area contributed by atoms with Gasteiger partial charge in [0.1, 0.15) is 5.54 Å². The highest BCUT2D eigenvalue weighted by Gasteiger charge is 2.36. The minimum Gasteiger partial charge on any atom is -0.324 e. The number of hydrogen-bond donors (Lipinski definition) is 1. The summed E-state index contributed by atoms with van der Waals surface area (Å²) >= 11 is 0. The zero-order chi connectivity index (χ0) is 20.0. The SMILES string of the molecule is [C-]#[N+]c1ccc(NC(=O)C(C)(C)n2cc3c(n2)CN(C)C3)cc1C(F)(F)F. The molecule has 0 fully saturated rings. The van der Waals surface area contributed by atoms with Crippen LogP contribution in [0.5, 0.6) is 0 Å². The van der Waals surface area contributed by atoms with Crippen LogP contribution in [0.1, 0.15) is 30.7 Å². The van der Waals surface area contributed by atoms with Crippen molar-refractivity contribution >= 4 is 17.3 Å². The number of nitrogens with zero attached hydrogens (tertiary/aromatic N) is 4. The van der Waals surface area contributed by atoms with Gasteiger partial charge in [0.2, 0.25) is 0 Å². The van der Waals surface area contributed by atoms with Crippen molar-refractivity contribution in [2.24, 2.45) is 0 Å². The topological polar surface area (TPSA) is 54.5 Å². The van der Waals surface area contributed by atoms with Gasteiger partial charge in [-0.25, -0.2) is 4.85 Å². The summed E-state index contributed by atoms with van der Waals surface area (Å²) in [5, 5.41) is 6.96. The molecule has 142 valence electrons. The van der Waals surface area contributed by atoms with E-state index in [-0.39, 0.29) is 5.69 Å². The molecule has 0 unspecified atom stereocenters. The summed E-state index contributed by atoms with van der Waals surface area (Å²) in [7, 11) is 1.97. The maximum absolute atomic E-state index is 13.1. The number of carbonyl (C=O) groups excluding carboxylic acids is 1. The maximum Gasteiger partial charge on any atom is 0.407 e. The highest BCUT2D eigenvalue weighted by molar-refractivity contribution is 5.96. The molecular formula is C18H18F3N5O. The minimum atomic E-state index is -4.68. The average molecular weight is 377 g/mol. The number of aromatic nitrogens is 2. The summed E-state index contributed by atoms with van der Waals surface area (Å²) in [5.41, 5.74) is -0.785. The van der Waals surface area contributed by atoms with Crippen LogP contribution < -0.4 is 5.32 Å². The van der Waals surface area contributed by atoms with Crippen molar-refractivity contribution < 1.29 is 18.0 Å². The fourth-order valence-electron chi connectivity index (χ4n) is 2.93. The van der Waals surface area contributed by atoms with E-state index in [9.17, 15) is 18.0 Å². The molecule has 1 amide bonds. The number of hydrogen-bond acceptors (Lipinski definition) is 3. The summed E-state index contributed by atoms with van der Waals surface area (Å²) < 4.78 is 40.8. The molecule has 0 saturated carbocycles. The third kappa shape index (κ3) is 3.53. The second kappa shape index (κ2) is 6.39. The van der Waals surface area contributed by atoms with Gasteiger partial charge in [-0.2, -0.15) is 18.3 Å². The molecular weight excluding hydrogens is 359 g/mol. The van der Waals surface area contributed by atoms with Crippen LogP contribution in [0, 0.1) is 6.57 Å². The lowest BCUT2D eigenvalue weighted by Gasteiger charge is -2.25. The third-order valence-corrected chi connectivity index (χ3v) is 4.55. The highest BCUT2D eigenvalue weighted by atomic mass is 19.4. The first kappa shape index (κ1) is 18.9. The lowest BCUT2D eigenvalue weighted by molar-refractivity contribution is -0.136. The number of alkyl halides is 3. The number of halogens is 3. The van der Waals surface area contributed by atoms with Crippen molar-refractivity contribution in [3.05, 3.63) is 52.6 Å². The monoisotopic (exact) mass is 377 g/mol. The molecule has 2 aromatic rings. The molecule has 9 heteroatoms. The van der Waals surface area contributed by atoms with Gasteiger partial charge >= 0.3 is 6.18 Å². The molecule has 1 aliphatic rings. The summed E-state index contributed by atoms with van der Waals surface area (Å²) in [6.07, 6.45) is -2.88. The highest BCUT2D eigenvalue weighted by Crippen LogP contribution is 2.38. The molecule has 0 radical (unpaired) electrons. The molecule has 27 heavy (non-hydrogen) atoms. The van der Waals surface area contributed by atoms with Crippen molar-refractivity contribution in [2.75, 3.05) is 12.4 Å². The van der Waals surface area contributed by atoms with Crippen molar-refractivity contribution in [1.82, 2.24) is 14.7 Å². The fraction of sp³-hybridized carbons (Fsp3) is 0.389. The van der Waals surface area contributed by atoms with Crippen LogP contribution in [0.4, 0.5) is 24.5 Å². The number of amides is 1. The van der Waals surface area contributed by atoms with Gasteiger partial charge in [-0.15, -0.1) is 0 Å². The smallest absolute Gasteiger partial charge is 0.324 e. The first-order valence-electron chi connectivity index (χ1n) is 8.19. The molecule has 1 aromatic heterocycles. The lowest BCUT2D eigenvalue weighted by Crippen LogP contribution is -2.41. The van der Waals surface area contributed by atoms with Gasteiger partial charge in [0.15, 0.2) is 5.69 Å². The van der Waals surface area contributed by atoms with Gasteiger partial charge < -0.3 is 5.32 Å². The Bertz CT molecular complexity index is 916. The van der Waals surface area contributed by atoms with Gasteiger partial charge in [-0.05, 0) is 33.0 Å². The van der Waals surface area contributed by atoms with E-state index in [1.54, 1.807) is 20.0 Å².